The third-order valence-electron chi connectivity index (χ3n) is 2.02. The van der Waals surface area contributed by atoms with Crippen LogP contribution in [0.5, 0.6) is 0 Å². The van der Waals surface area contributed by atoms with E-state index in [9.17, 15) is 13.6 Å². The van der Waals surface area contributed by atoms with Crippen LogP contribution in [-0.4, -0.2) is 11.1 Å². The van der Waals surface area contributed by atoms with Crippen molar-refractivity contribution in [2.75, 3.05) is 0 Å². The van der Waals surface area contributed by atoms with Gasteiger partial charge in [-0.1, -0.05) is 18.2 Å². The van der Waals surface area contributed by atoms with Crippen LogP contribution in [0.25, 0.3) is 6.08 Å². The SMILES string of the molecule is O=C(O)CCC/C=C/c1ccc(F)c(F)c1. The summed E-state index contributed by atoms with van der Waals surface area (Å²) in [5.74, 6) is -2.59. The number of hydrogen-bond acceptors (Lipinski definition) is 1. The number of hydrogen-bond donors (Lipinski definition) is 1. The molecule has 0 aliphatic rings. The van der Waals surface area contributed by atoms with Crippen molar-refractivity contribution >= 4 is 12.0 Å². The molecule has 0 bridgehead atoms. The first-order chi connectivity index (χ1) is 7.59. The summed E-state index contributed by atoms with van der Waals surface area (Å²) in [5.41, 5.74) is 0.564. The lowest BCUT2D eigenvalue weighted by atomic mass is 10.1. The Kier molecular flexibility index (Phi) is 4.64. The Balaban J connectivity index is 2.44. The standard InChI is InChI=1S/C12H12F2O2/c13-10-7-6-9(8-11(10)14)4-2-1-3-5-12(15)16/h2,4,6-8H,1,3,5H2,(H,15,16)/b4-2+. The second kappa shape index (κ2) is 6.00. The zero-order valence-electron chi connectivity index (χ0n) is 8.62. The lowest BCUT2D eigenvalue weighted by Gasteiger charge is -1.95. The maximum Gasteiger partial charge on any atom is 0.303 e. The fourth-order valence-electron chi connectivity index (χ4n) is 1.21. The summed E-state index contributed by atoms with van der Waals surface area (Å²) in [7, 11) is 0. The van der Waals surface area contributed by atoms with Crippen molar-refractivity contribution in [1.82, 2.24) is 0 Å². The number of benzene rings is 1. The van der Waals surface area contributed by atoms with Gasteiger partial charge in [-0.25, -0.2) is 8.78 Å². The predicted molar refractivity (Wildman–Crippen MR) is 56.9 cm³/mol. The Bertz CT molecular complexity index is 400. The highest BCUT2D eigenvalue weighted by Crippen LogP contribution is 2.10. The van der Waals surface area contributed by atoms with Gasteiger partial charge in [0, 0.05) is 6.42 Å². The predicted octanol–water partition coefficient (Wildman–Crippen LogP) is 3.23. The number of aliphatic carboxylic acids is 1. The van der Waals surface area contributed by atoms with Gasteiger partial charge in [-0.2, -0.15) is 0 Å². The molecule has 0 aliphatic carbocycles. The summed E-state index contributed by atoms with van der Waals surface area (Å²) in [4.78, 5) is 10.2. The molecule has 0 heterocycles. The average Bonchev–Trinajstić information content (AvgIpc) is 2.22. The van der Waals surface area contributed by atoms with Crippen LogP contribution in [0.4, 0.5) is 8.78 Å². The number of halogens is 2. The minimum Gasteiger partial charge on any atom is -0.481 e. The van der Waals surface area contributed by atoms with Crippen LogP contribution in [-0.2, 0) is 4.79 Å². The fraction of sp³-hybridized carbons (Fsp3) is 0.250. The van der Waals surface area contributed by atoms with Crippen molar-refractivity contribution in [3.8, 4) is 0 Å². The quantitative estimate of drug-likeness (QED) is 0.782. The van der Waals surface area contributed by atoms with Gasteiger partial charge in [0.2, 0.25) is 0 Å². The number of unbranched alkanes of at least 4 members (excludes halogenated alkanes) is 1. The Morgan fingerprint density at radius 1 is 1.31 bits per heavy atom. The van der Waals surface area contributed by atoms with E-state index in [1.165, 1.54) is 6.07 Å². The van der Waals surface area contributed by atoms with E-state index in [1.807, 2.05) is 0 Å². The van der Waals surface area contributed by atoms with Gasteiger partial charge < -0.3 is 5.11 Å². The van der Waals surface area contributed by atoms with E-state index in [0.29, 0.717) is 18.4 Å². The van der Waals surface area contributed by atoms with Crippen molar-refractivity contribution in [1.29, 1.82) is 0 Å². The summed E-state index contributed by atoms with van der Waals surface area (Å²) >= 11 is 0. The number of rotatable bonds is 5. The zero-order chi connectivity index (χ0) is 12.0. The molecule has 4 heteroatoms. The van der Waals surface area contributed by atoms with E-state index in [1.54, 1.807) is 12.2 Å². The molecule has 0 unspecified atom stereocenters. The summed E-state index contributed by atoms with van der Waals surface area (Å²) < 4.78 is 25.3. The van der Waals surface area contributed by atoms with E-state index in [2.05, 4.69) is 0 Å². The maximum absolute atomic E-state index is 12.8. The molecule has 0 radical (unpaired) electrons. The summed E-state index contributed by atoms with van der Waals surface area (Å²) in [6.45, 7) is 0. The van der Waals surface area contributed by atoms with E-state index < -0.39 is 17.6 Å². The molecular formula is C12H12F2O2. The second-order valence-corrected chi connectivity index (χ2v) is 3.36. The first kappa shape index (κ1) is 12.4. The molecule has 0 aliphatic heterocycles. The Hall–Kier alpha value is -1.71. The minimum atomic E-state index is -0.882. The molecule has 2 nitrogen and oxygen atoms in total. The first-order valence-corrected chi connectivity index (χ1v) is 4.93. The van der Waals surface area contributed by atoms with Gasteiger partial charge in [-0.3, -0.25) is 4.79 Å². The summed E-state index contributed by atoms with van der Waals surface area (Å²) in [5, 5.41) is 8.38. The van der Waals surface area contributed by atoms with Crippen LogP contribution in [0.15, 0.2) is 24.3 Å². The highest BCUT2D eigenvalue weighted by atomic mass is 19.2. The molecule has 0 amide bonds. The van der Waals surface area contributed by atoms with E-state index in [-0.39, 0.29) is 6.42 Å². The molecule has 1 aromatic rings. The smallest absolute Gasteiger partial charge is 0.303 e. The largest absolute Gasteiger partial charge is 0.481 e. The molecular weight excluding hydrogens is 214 g/mol. The molecule has 1 aromatic carbocycles. The van der Waals surface area contributed by atoms with Gasteiger partial charge >= 0.3 is 5.97 Å². The minimum absolute atomic E-state index is 0.113. The Morgan fingerprint density at radius 2 is 2.06 bits per heavy atom. The average molecular weight is 226 g/mol. The van der Waals surface area contributed by atoms with Crippen molar-refractivity contribution in [3.63, 3.8) is 0 Å². The molecule has 0 aromatic heterocycles. The molecule has 1 N–H and O–H groups in total. The summed E-state index contributed by atoms with van der Waals surface area (Å²) in [6, 6.07) is 3.63. The number of allylic oxidation sites excluding steroid dienone is 1. The van der Waals surface area contributed by atoms with Crippen LogP contribution in [0, 0.1) is 11.6 Å². The molecule has 0 atom stereocenters. The van der Waals surface area contributed by atoms with Crippen molar-refractivity contribution < 1.29 is 18.7 Å². The topological polar surface area (TPSA) is 37.3 Å². The summed E-state index contributed by atoms with van der Waals surface area (Å²) in [6.07, 6.45) is 4.64. The van der Waals surface area contributed by atoms with Crippen LogP contribution in [0.3, 0.4) is 0 Å². The van der Waals surface area contributed by atoms with Crippen LogP contribution in [0.1, 0.15) is 24.8 Å². The number of carboxylic acids is 1. The van der Waals surface area contributed by atoms with Crippen LogP contribution in [0.2, 0.25) is 0 Å². The maximum atomic E-state index is 12.8. The van der Waals surface area contributed by atoms with Crippen molar-refractivity contribution in [3.05, 3.63) is 41.5 Å². The highest BCUT2D eigenvalue weighted by Gasteiger charge is 1.99. The second-order valence-electron chi connectivity index (χ2n) is 3.36. The fourth-order valence-corrected chi connectivity index (χ4v) is 1.21. The Labute approximate surface area is 92.2 Å². The lowest BCUT2D eigenvalue weighted by molar-refractivity contribution is -0.137. The zero-order valence-corrected chi connectivity index (χ0v) is 8.62. The van der Waals surface area contributed by atoms with Gasteiger partial charge in [0.05, 0.1) is 0 Å². The van der Waals surface area contributed by atoms with Crippen LogP contribution >= 0.6 is 0 Å². The molecule has 0 fully saturated rings. The van der Waals surface area contributed by atoms with Gasteiger partial charge in [0.1, 0.15) is 0 Å². The molecule has 0 spiro atoms. The molecule has 1 rings (SSSR count). The van der Waals surface area contributed by atoms with Gasteiger partial charge in [0.15, 0.2) is 11.6 Å². The van der Waals surface area contributed by atoms with Gasteiger partial charge in [-0.05, 0) is 30.5 Å². The molecule has 0 saturated carbocycles. The molecule has 86 valence electrons. The van der Waals surface area contributed by atoms with Gasteiger partial charge in [-0.15, -0.1) is 0 Å². The van der Waals surface area contributed by atoms with E-state index in [4.69, 9.17) is 5.11 Å². The van der Waals surface area contributed by atoms with Gasteiger partial charge in [0.25, 0.3) is 0 Å². The number of carbonyl (C=O) groups is 1. The molecule has 16 heavy (non-hydrogen) atoms. The first-order valence-electron chi connectivity index (χ1n) is 4.93. The van der Waals surface area contributed by atoms with E-state index >= 15 is 0 Å². The van der Waals surface area contributed by atoms with E-state index in [0.717, 1.165) is 12.1 Å². The molecule has 0 saturated heterocycles. The van der Waals surface area contributed by atoms with Crippen molar-refractivity contribution in [2.45, 2.75) is 19.3 Å². The third-order valence-corrected chi connectivity index (χ3v) is 2.02. The van der Waals surface area contributed by atoms with Crippen LogP contribution < -0.4 is 0 Å². The Morgan fingerprint density at radius 3 is 2.69 bits per heavy atom. The van der Waals surface area contributed by atoms with Crippen molar-refractivity contribution in [2.24, 2.45) is 0 Å². The lowest BCUT2D eigenvalue weighted by Crippen LogP contribution is -1.92. The third kappa shape index (κ3) is 4.21. The monoisotopic (exact) mass is 226 g/mol. The normalized spacial score (nSPS) is 10.9. The highest BCUT2D eigenvalue weighted by molar-refractivity contribution is 5.66. The number of carboxylic acid groups (broad SMARTS) is 1.